The summed E-state index contributed by atoms with van der Waals surface area (Å²) in [6.45, 7) is 5.32. The van der Waals surface area contributed by atoms with Gasteiger partial charge in [-0.2, -0.15) is 10.5 Å². The van der Waals surface area contributed by atoms with Crippen LogP contribution >= 0.6 is 11.6 Å². The van der Waals surface area contributed by atoms with E-state index in [1.165, 1.54) is 6.20 Å². The molecule has 0 spiro atoms. The van der Waals surface area contributed by atoms with Crippen LogP contribution in [0.5, 0.6) is 5.88 Å². The fourth-order valence-electron chi connectivity index (χ4n) is 4.42. The minimum atomic E-state index is -0.353. The first kappa shape index (κ1) is 22.6. The molecule has 1 fully saturated rings. The summed E-state index contributed by atoms with van der Waals surface area (Å²) in [7, 11) is 0. The molecule has 11 heteroatoms. The standard InChI is InChI=1S/C24H22ClN9O/c1-15-24(30-31-34(15)19-5-7-32(14-27)8-6-19)18-9-22-29-13-20(11-26)33(22)23(10-18)35-16(2)17-3-4-21(25)28-12-17/h3-4,9-10,12-13,16,19H,5-8H2,1-2H3. The smallest absolute Gasteiger partial charge is 0.201 e. The van der Waals surface area contributed by atoms with Gasteiger partial charge in [0.05, 0.1) is 17.9 Å². The topological polar surface area (TPSA) is 121 Å². The fourth-order valence-corrected chi connectivity index (χ4v) is 4.53. The van der Waals surface area contributed by atoms with Crippen LogP contribution in [-0.2, 0) is 0 Å². The average Bonchev–Trinajstić information content (AvgIpc) is 3.47. The predicted octanol–water partition coefficient (Wildman–Crippen LogP) is 4.08. The van der Waals surface area contributed by atoms with Crippen molar-refractivity contribution < 1.29 is 4.74 Å². The lowest BCUT2D eigenvalue weighted by Gasteiger charge is -2.28. The molecule has 1 unspecified atom stereocenters. The number of pyridine rings is 2. The lowest BCUT2D eigenvalue weighted by atomic mass is 10.0. The normalized spacial score (nSPS) is 15.1. The minimum Gasteiger partial charge on any atom is -0.471 e. The number of aromatic nitrogens is 6. The van der Waals surface area contributed by atoms with Gasteiger partial charge in [0, 0.05) is 36.5 Å². The predicted molar refractivity (Wildman–Crippen MR) is 127 cm³/mol. The van der Waals surface area contributed by atoms with Crippen molar-refractivity contribution in [2.45, 2.75) is 38.8 Å². The second-order valence-electron chi connectivity index (χ2n) is 8.49. The molecular weight excluding hydrogens is 466 g/mol. The van der Waals surface area contributed by atoms with Crippen LogP contribution in [0.15, 0.2) is 36.7 Å². The molecular formula is C24H22ClN9O. The summed E-state index contributed by atoms with van der Waals surface area (Å²) in [5.41, 5.74) is 4.24. The third-order valence-electron chi connectivity index (χ3n) is 6.36. The van der Waals surface area contributed by atoms with Crippen molar-refractivity contribution in [1.29, 1.82) is 10.5 Å². The van der Waals surface area contributed by atoms with Crippen molar-refractivity contribution in [3.05, 3.63) is 58.8 Å². The molecule has 0 bridgehead atoms. The van der Waals surface area contributed by atoms with Crippen LogP contribution in [-0.4, -0.2) is 47.4 Å². The lowest BCUT2D eigenvalue weighted by molar-refractivity contribution is 0.214. The van der Waals surface area contributed by atoms with E-state index >= 15 is 0 Å². The van der Waals surface area contributed by atoms with E-state index in [0.717, 1.165) is 35.4 Å². The van der Waals surface area contributed by atoms with Crippen molar-refractivity contribution in [1.82, 2.24) is 34.3 Å². The summed E-state index contributed by atoms with van der Waals surface area (Å²) >= 11 is 5.92. The maximum atomic E-state index is 9.60. The molecule has 1 aliphatic heterocycles. The first-order valence-corrected chi connectivity index (χ1v) is 11.6. The van der Waals surface area contributed by atoms with Gasteiger partial charge in [-0.15, -0.1) is 5.10 Å². The Kier molecular flexibility index (Phi) is 5.98. The highest BCUT2D eigenvalue weighted by Crippen LogP contribution is 2.32. The molecule has 0 amide bonds. The quantitative estimate of drug-likeness (QED) is 0.305. The molecule has 0 radical (unpaired) electrons. The number of likely N-dealkylation sites (tertiary alicyclic amines) is 1. The zero-order valence-corrected chi connectivity index (χ0v) is 20.0. The largest absolute Gasteiger partial charge is 0.471 e. The van der Waals surface area contributed by atoms with E-state index in [-0.39, 0.29) is 12.1 Å². The first-order valence-electron chi connectivity index (χ1n) is 11.2. The highest BCUT2D eigenvalue weighted by Gasteiger charge is 2.24. The fraction of sp³-hybridized carbons (Fsp3) is 0.333. The van der Waals surface area contributed by atoms with E-state index in [1.807, 2.05) is 36.7 Å². The molecule has 1 saturated heterocycles. The number of halogens is 1. The number of nitrogens with zero attached hydrogens (tertiary/aromatic N) is 9. The molecule has 0 N–H and O–H groups in total. The number of hydrogen-bond donors (Lipinski definition) is 0. The van der Waals surface area contributed by atoms with E-state index in [1.54, 1.807) is 21.6 Å². The maximum absolute atomic E-state index is 9.60. The van der Waals surface area contributed by atoms with Gasteiger partial charge >= 0.3 is 0 Å². The van der Waals surface area contributed by atoms with Crippen LogP contribution in [0.25, 0.3) is 16.9 Å². The zero-order valence-electron chi connectivity index (χ0n) is 19.3. The van der Waals surface area contributed by atoms with Crippen LogP contribution < -0.4 is 4.74 Å². The van der Waals surface area contributed by atoms with Gasteiger partial charge in [0.15, 0.2) is 6.19 Å². The Hall–Kier alpha value is -4.15. The van der Waals surface area contributed by atoms with Gasteiger partial charge in [0.25, 0.3) is 0 Å². The molecule has 176 valence electrons. The molecule has 10 nitrogen and oxygen atoms in total. The molecule has 35 heavy (non-hydrogen) atoms. The summed E-state index contributed by atoms with van der Waals surface area (Å²) in [4.78, 5) is 10.3. The van der Waals surface area contributed by atoms with Gasteiger partial charge in [0.2, 0.25) is 5.88 Å². The van der Waals surface area contributed by atoms with Gasteiger partial charge in [-0.1, -0.05) is 22.9 Å². The van der Waals surface area contributed by atoms with Crippen LogP contribution in [0.4, 0.5) is 0 Å². The number of piperidine rings is 1. The van der Waals surface area contributed by atoms with Gasteiger partial charge in [-0.05, 0) is 38.8 Å². The Morgan fingerprint density at radius 3 is 2.63 bits per heavy atom. The van der Waals surface area contributed by atoms with Crippen molar-refractivity contribution >= 4 is 17.2 Å². The number of fused-ring (bicyclic) bond motifs is 1. The lowest BCUT2D eigenvalue weighted by Crippen LogP contribution is -2.31. The number of rotatable bonds is 5. The van der Waals surface area contributed by atoms with Crippen molar-refractivity contribution in [3.63, 3.8) is 0 Å². The summed E-state index contributed by atoms with van der Waals surface area (Å²) in [6.07, 6.45) is 6.72. The Balaban J connectivity index is 1.51. The van der Waals surface area contributed by atoms with Gasteiger partial charge in [0.1, 0.15) is 34.4 Å². The van der Waals surface area contributed by atoms with Crippen LogP contribution in [0.2, 0.25) is 5.15 Å². The summed E-state index contributed by atoms with van der Waals surface area (Å²) < 4.78 is 9.93. The van der Waals surface area contributed by atoms with E-state index in [0.29, 0.717) is 35.5 Å². The van der Waals surface area contributed by atoms with Crippen LogP contribution in [0.3, 0.4) is 0 Å². The Labute approximate surface area is 207 Å². The van der Waals surface area contributed by atoms with Crippen molar-refractivity contribution in [2.24, 2.45) is 0 Å². The van der Waals surface area contributed by atoms with E-state index in [4.69, 9.17) is 21.6 Å². The number of hydrogen-bond acceptors (Lipinski definition) is 8. The molecule has 0 aromatic carbocycles. The molecule has 0 aliphatic carbocycles. The number of imidazole rings is 1. The zero-order chi connectivity index (χ0) is 24.5. The van der Waals surface area contributed by atoms with Gasteiger partial charge in [-0.3, -0.25) is 4.40 Å². The molecule has 5 rings (SSSR count). The highest BCUT2D eigenvalue weighted by molar-refractivity contribution is 6.29. The van der Waals surface area contributed by atoms with E-state index < -0.39 is 0 Å². The number of nitriles is 2. The van der Waals surface area contributed by atoms with E-state index in [9.17, 15) is 5.26 Å². The summed E-state index contributed by atoms with van der Waals surface area (Å²) in [5, 5.41) is 28.1. The summed E-state index contributed by atoms with van der Waals surface area (Å²) in [5.74, 6) is 0.463. The first-order chi connectivity index (χ1) is 17.0. The van der Waals surface area contributed by atoms with Crippen molar-refractivity contribution in [2.75, 3.05) is 13.1 Å². The maximum Gasteiger partial charge on any atom is 0.201 e. The van der Waals surface area contributed by atoms with Crippen LogP contribution in [0, 0.1) is 29.7 Å². The molecule has 4 aromatic rings. The number of ether oxygens (including phenoxy) is 1. The van der Waals surface area contributed by atoms with E-state index in [2.05, 4.69) is 32.5 Å². The highest BCUT2D eigenvalue weighted by atomic mass is 35.5. The third kappa shape index (κ3) is 4.25. The molecule has 4 aromatic heterocycles. The van der Waals surface area contributed by atoms with Gasteiger partial charge < -0.3 is 9.64 Å². The van der Waals surface area contributed by atoms with Crippen LogP contribution in [0.1, 0.15) is 48.9 Å². The second-order valence-corrected chi connectivity index (χ2v) is 8.88. The minimum absolute atomic E-state index is 0.189. The third-order valence-corrected chi connectivity index (χ3v) is 6.58. The Morgan fingerprint density at radius 2 is 1.94 bits per heavy atom. The molecule has 1 atom stereocenters. The summed E-state index contributed by atoms with van der Waals surface area (Å²) in [6, 6.07) is 9.66. The van der Waals surface area contributed by atoms with Gasteiger partial charge in [-0.25, -0.2) is 14.6 Å². The second kappa shape index (κ2) is 9.24. The monoisotopic (exact) mass is 487 g/mol. The Morgan fingerprint density at radius 1 is 1.14 bits per heavy atom. The molecule has 0 saturated carbocycles. The Bertz CT molecular complexity index is 1450. The SMILES string of the molecule is Cc1c(-c2cc(OC(C)c3ccc(Cl)nc3)n3c(C#N)cnc3c2)nnn1C1CCN(C#N)CC1. The molecule has 1 aliphatic rings. The van der Waals surface area contributed by atoms with Crippen molar-refractivity contribution in [3.8, 4) is 29.4 Å². The average molecular weight is 488 g/mol. The molecule has 5 heterocycles.